The fraction of sp³-hybridized carbons (Fsp3) is 0.211. The highest BCUT2D eigenvalue weighted by atomic mass is 79.9. The number of benzene rings is 2. The second kappa shape index (κ2) is 7.03. The third kappa shape index (κ3) is 3.93. The first-order chi connectivity index (χ1) is 10.7. The van der Waals surface area contributed by atoms with Gasteiger partial charge in [0.2, 0.25) is 0 Å². The fourth-order valence-corrected chi connectivity index (χ4v) is 2.82. The Morgan fingerprint density at radius 3 is 2.64 bits per heavy atom. The SMILES string of the molecule is CC(Cc1ccc(Br)cc1)NCc1ccc2cccnc2c1. The van der Waals surface area contributed by atoms with Gasteiger partial charge in [0.1, 0.15) is 0 Å². The van der Waals surface area contributed by atoms with Gasteiger partial charge < -0.3 is 5.32 Å². The van der Waals surface area contributed by atoms with Crippen LogP contribution in [0, 0.1) is 0 Å². The average Bonchev–Trinajstić information content (AvgIpc) is 2.55. The van der Waals surface area contributed by atoms with Gasteiger partial charge in [-0.25, -0.2) is 0 Å². The van der Waals surface area contributed by atoms with E-state index >= 15 is 0 Å². The molecule has 0 aliphatic rings. The van der Waals surface area contributed by atoms with Gasteiger partial charge in [-0.05, 0) is 48.7 Å². The molecule has 1 unspecified atom stereocenters. The molecule has 1 heterocycles. The van der Waals surface area contributed by atoms with Crippen LogP contribution in [0.1, 0.15) is 18.1 Å². The molecule has 1 aromatic heterocycles. The number of nitrogens with zero attached hydrogens (tertiary/aromatic N) is 1. The molecule has 0 radical (unpaired) electrons. The van der Waals surface area contributed by atoms with E-state index in [1.54, 1.807) is 0 Å². The zero-order chi connectivity index (χ0) is 15.4. The topological polar surface area (TPSA) is 24.9 Å². The summed E-state index contributed by atoms with van der Waals surface area (Å²) in [4.78, 5) is 4.41. The molecule has 0 spiro atoms. The molecule has 0 bridgehead atoms. The van der Waals surface area contributed by atoms with E-state index in [1.807, 2.05) is 12.3 Å². The number of halogens is 1. The van der Waals surface area contributed by atoms with E-state index < -0.39 is 0 Å². The van der Waals surface area contributed by atoms with Crippen LogP contribution in [0.4, 0.5) is 0 Å². The van der Waals surface area contributed by atoms with E-state index in [9.17, 15) is 0 Å². The van der Waals surface area contributed by atoms with Gasteiger partial charge in [0, 0.05) is 28.6 Å². The Bertz CT molecular complexity index is 753. The van der Waals surface area contributed by atoms with Crippen molar-refractivity contribution in [3.8, 4) is 0 Å². The summed E-state index contributed by atoms with van der Waals surface area (Å²) in [5, 5.41) is 4.78. The van der Waals surface area contributed by atoms with Gasteiger partial charge in [0.15, 0.2) is 0 Å². The van der Waals surface area contributed by atoms with Gasteiger partial charge in [-0.15, -0.1) is 0 Å². The number of nitrogens with one attached hydrogen (secondary N) is 1. The molecule has 112 valence electrons. The fourth-order valence-electron chi connectivity index (χ4n) is 2.56. The quantitative estimate of drug-likeness (QED) is 0.717. The molecule has 0 fully saturated rings. The molecule has 3 rings (SSSR count). The lowest BCUT2D eigenvalue weighted by molar-refractivity contribution is 0.545. The highest BCUT2D eigenvalue weighted by molar-refractivity contribution is 9.10. The van der Waals surface area contributed by atoms with Crippen molar-refractivity contribution in [2.24, 2.45) is 0 Å². The van der Waals surface area contributed by atoms with Gasteiger partial charge >= 0.3 is 0 Å². The van der Waals surface area contributed by atoms with Crippen LogP contribution < -0.4 is 5.32 Å². The molecule has 3 aromatic rings. The minimum Gasteiger partial charge on any atom is -0.310 e. The Balaban J connectivity index is 1.59. The Morgan fingerprint density at radius 1 is 1.05 bits per heavy atom. The Labute approximate surface area is 139 Å². The van der Waals surface area contributed by atoms with Crippen LogP contribution in [0.3, 0.4) is 0 Å². The smallest absolute Gasteiger partial charge is 0.0705 e. The predicted octanol–water partition coefficient (Wildman–Crippen LogP) is 4.72. The molecule has 0 amide bonds. The summed E-state index contributed by atoms with van der Waals surface area (Å²) in [6, 6.07) is 19.5. The summed E-state index contributed by atoms with van der Waals surface area (Å²) in [7, 11) is 0. The number of fused-ring (bicyclic) bond motifs is 1. The average molecular weight is 355 g/mol. The van der Waals surface area contributed by atoms with Gasteiger partial charge in [0.05, 0.1) is 5.52 Å². The van der Waals surface area contributed by atoms with Crippen LogP contribution in [0.25, 0.3) is 10.9 Å². The lowest BCUT2D eigenvalue weighted by Crippen LogP contribution is -2.27. The minimum absolute atomic E-state index is 0.431. The standard InChI is InChI=1S/C19H19BrN2/c1-14(11-15-5-8-18(20)9-6-15)22-13-16-4-7-17-3-2-10-21-19(17)12-16/h2-10,12,14,22H,11,13H2,1H3. The molecule has 22 heavy (non-hydrogen) atoms. The number of hydrogen-bond donors (Lipinski definition) is 1. The predicted molar refractivity (Wildman–Crippen MR) is 95.9 cm³/mol. The van der Waals surface area contributed by atoms with Crippen LogP contribution in [-0.4, -0.2) is 11.0 Å². The van der Waals surface area contributed by atoms with Crippen molar-refractivity contribution < 1.29 is 0 Å². The Morgan fingerprint density at radius 2 is 1.82 bits per heavy atom. The second-order valence-corrected chi connectivity index (χ2v) is 6.56. The Hall–Kier alpha value is -1.71. The third-order valence-corrected chi connectivity index (χ3v) is 4.31. The molecule has 3 heteroatoms. The van der Waals surface area contributed by atoms with Gasteiger partial charge in [-0.1, -0.05) is 46.3 Å². The summed E-state index contributed by atoms with van der Waals surface area (Å²) in [6.45, 7) is 3.09. The summed E-state index contributed by atoms with van der Waals surface area (Å²) in [6.07, 6.45) is 2.87. The lowest BCUT2D eigenvalue weighted by atomic mass is 10.1. The van der Waals surface area contributed by atoms with E-state index in [1.165, 1.54) is 16.5 Å². The zero-order valence-electron chi connectivity index (χ0n) is 12.6. The van der Waals surface area contributed by atoms with Crippen molar-refractivity contribution in [1.82, 2.24) is 10.3 Å². The van der Waals surface area contributed by atoms with Crippen molar-refractivity contribution in [3.05, 3.63) is 76.4 Å². The normalized spacial score (nSPS) is 12.5. The highest BCUT2D eigenvalue weighted by Crippen LogP contribution is 2.14. The van der Waals surface area contributed by atoms with Crippen molar-refractivity contribution >= 4 is 26.8 Å². The molecule has 1 N–H and O–H groups in total. The van der Waals surface area contributed by atoms with Crippen molar-refractivity contribution in [2.75, 3.05) is 0 Å². The van der Waals surface area contributed by atoms with E-state index in [4.69, 9.17) is 0 Å². The van der Waals surface area contributed by atoms with Crippen molar-refractivity contribution in [2.45, 2.75) is 25.9 Å². The minimum atomic E-state index is 0.431. The summed E-state index contributed by atoms with van der Waals surface area (Å²) < 4.78 is 1.13. The van der Waals surface area contributed by atoms with E-state index in [0.29, 0.717) is 6.04 Å². The first-order valence-electron chi connectivity index (χ1n) is 7.52. The maximum atomic E-state index is 4.41. The highest BCUT2D eigenvalue weighted by Gasteiger charge is 2.04. The van der Waals surface area contributed by atoms with Gasteiger partial charge in [0.25, 0.3) is 0 Å². The maximum absolute atomic E-state index is 4.41. The number of pyridine rings is 1. The molecule has 0 saturated heterocycles. The van der Waals surface area contributed by atoms with Gasteiger partial charge in [-0.3, -0.25) is 4.98 Å². The number of aromatic nitrogens is 1. The van der Waals surface area contributed by atoms with Crippen LogP contribution >= 0.6 is 15.9 Å². The molecule has 2 aromatic carbocycles. The summed E-state index contributed by atoms with van der Waals surface area (Å²) in [5.74, 6) is 0. The monoisotopic (exact) mass is 354 g/mol. The van der Waals surface area contributed by atoms with Crippen LogP contribution in [0.2, 0.25) is 0 Å². The van der Waals surface area contributed by atoms with Crippen molar-refractivity contribution in [3.63, 3.8) is 0 Å². The molecule has 0 saturated carbocycles. The summed E-state index contributed by atoms with van der Waals surface area (Å²) in [5.41, 5.74) is 3.68. The maximum Gasteiger partial charge on any atom is 0.0705 e. The third-order valence-electron chi connectivity index (χ3n) is 3.78. The van der Waals surface area contributed by atoms with Crippen molar-refractivity contribution in [1.29, 1.82) is 0 Å². The van der Waals surface area contributed by atoms with Gasteiger partial charge in [-0.2, -0.15) is 0 Å². The molecule has 1 atom stereocenters. The zero-order valence-corrected chi connectivity index (χ0v) is 14.2. The Kier molecular flexibility index (Phi) is 4.86. The molecular formula is C19H19BrN2. The van der Waals surface area contributed by atoms with Crippen LogP contribution in [-0.2, 0) is 13.0 Å². The lowest BCUT2D eigenvalue weighted by Gasteiger charge is -2.14. The van der Waals surface area contributed by atoms with E-state index in [2.05, 4.69) is 81.7 Å². The molecule has 2 nitrogen and oxygen atoms in total. The largest absolute Gasteiger partial charge is 0.310 e. The molecule has 0 aliphatic heterocycles. The number of rotatable bonds is 5. The first kappa shape index (κ1) is 15.2. The van der Waals surface area contributed by atoms with Crippen LogP contribution in [0.5, 0.6) is 0 Å². The second-order valence-electron chi connectivity index (χ2n) is 5.64. The van der Waals surface area contributed by atoms with E-state index in [-0.39, 0.29) is 0 Å². The first-order valence-corrected chi connectivity index (χ1v) is 8.31. The number of hydrogen-bond acceptors (Lipinski definition) is 2. The summed E-state index contributed by atoms with van der Waals surface area (Å²) >= 11 is 3.47. The van der Waals surface area contributed by atoms with Crippen LogP contribution in [0.15, 0.2) is 65.3 Å². The van der Waals surface area contributed by atoms with E-state index in [0.717, 1.165) is 23.0 Å². The molecular weight excluding hydrogens is 336 g/mol. The molecule has 0 aliphatic carbocycles.